The quantitative estimate of drug-likeness (QED) is 0.900. The van der Waals surface area contributed by atoms with Crippen LogP contribution < -0.4 is 15.4 Å². The summed E-state index contributed by atoms with van der Waals surface area (Å²) in [5.74, 6) is 0.456. The molecule has 2 aromatic rings. The lowest BCUT2D eigenvalue weighted by Gasteiger charge is -2.11. The molecule has 1 aromatic heterocycles. The number of aromatic nitrogens is 1. The highest BCUT2D eigenvalue weighted by atomic mass is 79.9. The average Bonchev–Trinajstić information content (AvgIpc) is 2.49. The smallest absolute Gasteiger partial charge is 0.257 e. The highest BCUT2D eigenvalue weighted by Crippen LogP contribution is 2.28. The number of rotatable bonds is 4. The largest absolute Gasteiger partial charge is 0.497 e. The van der Waals surface area contributed by atoms with Gasteiger partial charge in [0, 0.05) is 23.8 Å². The van der Waals surface area contributed by atoms with Crippen molar-refractivity contribution in [3.63, 3.8) is 0 Å². The third kappa shape index (κ3) is 3.08. The minimum Gasteiger partial charge on any atom is -0.497 e. The Labute approximate surface area is 125 Å². The maximum Gasteiger partial charge on any atom is 0.257 e. The number of hydrogen-bond donors (Lipinski definition) is 2. The van der Waals surface area contributed by atoms with Crippen molar-refractivity contribution in [2.45, 2.75) is 0 Å². The standard InChI is InChI=1S/C14H14BrN3O2/c1-16-13-8-17-6-5-10(13)14(19)18-12-7-9(20-2)3-4-11(12)15/h3-8,16H,1-2H3,(H,18,19). The minimum absolute atomic E-state index is 0.217. The first-order valence-electron chi connectivity index (χ1n) is 5.92. The van der Waals surface area contributed by atoms with Gasteiger partial charge in [-0.15, -0.1) is 0 Å². The SMILES string of the molecule is CNc1cnccc1C(=O)Nc1cc(OC)ccc1Br. The van der Waals surface area contributed by atoms with Crippen molar-refractivity contribution in [2.75, 3.05) is 24.8 Å². The molecule has 0 unspecified atom stereocenters. The minimum atomic E-state index is -0.217. The molecule has 6 heteroatoms. The predicted molar refractivity (Wildman–Crippen MR) is 82.4 cm³/mol. The number of nitrogens with zero attached hydrogens (tertiary/aromatic N) is 1. The Morgan fingerprint density at radius 3 is 2.80 bits per heavy atom. The summed E-state index contributed by atoms with van der Waals surface area (Å²) in [7, 11) is 3.33. The van der Waals surface area contributed by atoms with Gasteiger partial charge in [0.15, 0.2) is 0 Å². The van der Waals surface area contributed by atoms with Crippen LogP contribution in [0.1, 0.15) is 10.4 Å². The van der Waals surface area contributed by atoms with E-state index in [0.29, 0.717) is 22.7 Å². The van der Waals surface area contributed by atoms with Crippen molar-refractivity contribution in [1.29, 1.82) is 0 Å². The van der Waals surface area contributed by atoms with E-state index in [1.54, 1.807) is 38.7 Å². The van der Waals surface area contributed by atoms with Gasteiger partial charge in [-0.25, -0.2) is 0 Å². The van der Waals surface area contributed by atoms with Crippen molar-refractivity contribution in [3.8, 4) is 5.75 Å². The number of ether oxygens (including phenoxy) is 1. The summed E-state index contributed by atoms with van der Waals surface area (Å²) < 4.78 is 5.93. The number of carbonyl (C=O) groups is 1. The molecule has 0 saturated heterocycles. The number of halogens is 1. The van der Waals surface area contributed by atoms with Gasteiger partial charge in [0.1, 0.15) is 5.75 Å². The molecule has 0 aliphatic heterocycles. The highest BCUT2D eigenvalue weighted by Gasteiger charge is 2.12. The van der Waals surface area contributed by atoms with Crippen LogP contribution in [0.3, 0.4) is 0 Å². The van der Waals surface area contributed by atoms with Gasteiger partial charge in [0.2, 0.25) is 0 Å². The molecule has 0 fully saturated rings. The Bertz CT molecular complexity index is 632. The number of hydrogen-bond acceptors (Lipinski definition) is 4. The van der Waals surface area contributed by atoms with Gasteiger partial charge < -0.3 is 15.4 Å². The second kappa shape index (κ2) is 6.38. The van der Waals surface area contributed by atoms with E-state index in [1.165, 1.54) is 0 Å². The molecule has 20 heavy (non-hydrogen) atoms. The van der Waals surface area contributed by atoms with Crippen molar-refractivity contribution < 1.29 is 9.53 Å². The lowest BCUT2D eigenvalue weighted by Crippen LogP contribution is -2.14. The van der Waals surface area contributed by atoms with E-state index in [9.17, 15) is 4.79 Å². The van der Waals surface area contributed by atoms with Crippen LogP contribution in [0, 0.1) is 0 Å². The van der Waals surface area contributed by atoms with Gasteiger partial charge >= 0.3 is 0 Å². The summed E-state index contributed by atoms with van der Waals surface area (Å²) in [5, 5.41) is 5.78. The second-order valence-corrected chi connectivity index (χ2v) is 4.83. The van der Waals surface area contributed by atoms with Crippen molar-refractivity contribution in [1.82, 2.24) is 4.98 Å². The second-order valence-electron chi connectivity index (χ2n) is 3.97. The molecule has 0 saturated carbocycles. The highest BCUT2D eigenvalue weighted by molar-refractivity contribution is 9.10. The van der Waals surface area contributed by atoms with E-state index >= 15 is 0 Å². The van der Waals surface area contributed by atoms with Crippen LogP contribution in [0.5, 0.6) is 5.75 Å². The van der Waals surface area contributed by atoms with Gasteiger partial charge in [-0.2, -0.15) is 0 Å². The van der Waals surface area contributed by atoms with E-state index in [2.05, 4.69) is 31.5 Å². The summed E-state index contributed by atoms with van der Waals surface area (Å²) >= 11 is 3.40. The molecular formula is C14H14BrN3O2. The molecule has 5 nitrogen and oxygen atoms in total. The number of nitrogens with one attached hydrogen (secondary N) is 2. The van der Waals surface area contributed by atoms with Crippen LogP contribution in [-0.4, -0.2) is 25.0 Å². The fourth-order valence-electron chi connectivity index (χ4n) is 1.71. The van der Waals surface area contributed by atoms with Crippen LogP contribution in [-0.2, 0) is 0 Å². The van der Waals surface area contributed by atoms with Gasteiger partial charge in [0.25, 0.3) is 5.91 Å². The van der Waals surface area contributed by atoms with Gasteiger partial charge in [-0.1, -0.05) is 0 Å². The zero-order valence-electron chi connectivity index (χ0n) is 11.1. The maximum absolute atomic E-state index is 12.3. The molecule has 1 heterocycles. The van der Waals surface area contributed by atoms with Crippen molar-refractivity contribution in [2.24, 2.45) is 0 Å². The fraction of sp³-hybridized carbons (Fsp3) is 0.143. The Kier molecular flexibility index (Phi) is 4.57. The van der Waals surface area contributed by atoms with Gasteiger partial charge in [0.05, 0.1) is 30.2 Å². The normalized spacial score (nSPS) is 9.95. The van der Waals surface area contributed by atoms with Crippen molar-refractivity contribution in [3.05, 3.63) is 46.7 Å². The summed E-state index contributed by atoms with van der Waals surface area (Å²) in [5.41, 5.74) is 1.84. The van der Waals surface area contributed by atoms with Crippen LogP contribution in [0.2, 0.25) is 0 Å². The van der Waals surface area contributed by atoms with Crippen LogP contribution in [0.4, 0.5) is 11.4 Å². The fourth-order valence-corrected chi connectivity index (χ4v) is 2.05. The number of amides is 1. The monoisotopic (exact) mass is 335 g/mol. The number of pyridine rings is 1. The van der Waals surface area contributed by atoms with Crippen molar-refractivity contribution >= 4 is 33.2 Å². The molecule has 1 amide bonds. The summed E-state index contributed by atoms with van der Waals surface area (Å²) in [6.07, 6.45) is 3.19. The molecule has 0 atom stereocenters. The molecule has 0 bridgehead atoms. The maximum atomic E-state index is 12.3. The third-order valence-electron chi connectivity index (χ3n) is 2.76. The molecule has 0 spiro atoms. The molecule has 104 valence electrons. The van der Waals surface area contributed by atoms with Gasteiger partial charge in [-0.05, 0) is 34.1 Å². The van der Waals surface area contributed by atoms with E-state index in [4.69, 9.17) is 4.74 Å². The molecule has 2 N–H and O–H groups in total. The van der Waals surface area contributed by atoms with E-state index in [-0.39, 0.29) is 5.91 Å². The molecule has 1 aromatic carbocycles. The first-order valence-corrected chi connectivity index (χ1v) is 6.71. The topological polar surface area (TPSA) is 63.2 Å². The lowest BCUT2D eigenvalue weighted by molar-refractivity contribution is 0.102. The lowest BCUT2D eigenvalue weighted by atomic mass is 10.2. The van der Waals surface area contributed by atoms with Crippen LogP contribution in [0.15, 0.2) is 41.1 Å². The van der Waals surface area contributed by atoms with Gasteiger partial charge in [-0.3, -0.25) is 9.78 Å². The summed E-state index contributed by atoms with van der Waals surface area (Å²) in [4.78, 5) is 16.3. The number of carbonyl (C=O) groups excluding carboxylic acids is 1. The number of methoxy groups -OCH3 is 1. The van der Waals surface area contributed by atoms with E-state index < -0.39 is 0 Å². The Morgan fingerprint density at radius 2 is 2.10 bits per heavy atom. The number of benzene rings is 1. The van der Waals surface area contributed by atoms with Crippen LogP contribution >= 0.6 is 15.9 Å². The predicted octanol–water partition coefficient (Wildman–Crippen LogP) is 3.15. The Morgan fingerprint density at radius 1 is 1.30 bits per heavy atom. The average molecular weight is 336 g/mol. The third-order valence-corrected chi connectivity index (χ3v) is 3.45. The Hall–Kier alpha value is -2.08. The van der Waals surface area contributed by atoms with Crippen LogP contribution in [0.25, 0.3) is 0 Å². The zero-order chi connectivity index (χ0) is 14.5. The van der Waals surface area contributed by atoms with E-state index in [1.807, 2.05) is 12.1 Å². The zero-order valence-corrected chi connectivity index (χ0v) is 12.7. The van der Waals surface area contributed by atoms with E-state index in [0.717, 1.165) is 4.47 Å². The molecule has 0 aliphatic rings. The molecular weight excluding hydrogens is 322 g/mol. The molecule has 0 aliphatic carbocycles. The molecule has 0 radical (unpaired) electrons. The Balaban J connectivity index is 2.27. The summed E-state index contributed by atoms with van der Waals surface area (Å²) in [6.45, 7) is 0. The molecule has 2 rings (SSSR count). The first kappa shape index (κ1) is 14.3. The number of anilines is 2. The first-order chi connectivity index (χ1) is 9.65. The summed E-state index contributed by atoms with van der Waals surface area (Å²) in [6, 6.07) is 7.04.